The lowest BCUT2D eigenvalue weighted by Gasteiger charge is -2.25. The van der Waals surface area contributed by atoms with Crippen molar-refractivity contribution >= 4 is 11.8 Å². The zero-order valence-electron chi connectivity index (χ0n) is 9.02. The van der Waals surface area contributed by atoms with Crippen molar-refractivity contribution in [3.63, 3.8) is 0 Å². The molecule has 0 aromatic rings. The van der Waals surface area contributed by atoms with Crippen molar-refractivity contribution in [2.45, 2.75) is 26.1 Å². The molecule has 2 N–H and O–H groups in total. The smallest absolute Gasteiger partial charge is 0.224 e. The number of nitrogens with two attached hydrogens (primary N) is 1. The molecule has 1 unspecified atom stereocenters. The Bertz CT molecular complexity index is 261. The van der Waals surface area contributed by atoms with Crippen LogP contribution in [0.3, 0.4) is 0 Å². The molecular formula is C9H17N3O2. The number of ether oxygens (including phenoxy) is 2. The first kappa shape index (κ1) is 11.0. The van der Waals surface area contributed by atoms with E-state index in [0.29, 0.717) is 17.7 Å². The number of nitrogens with zero attached hydrogens (tertiary/aromatic N) is 2. The van der Waals surface area contributed by atoms with Crippen molar-refractivity contribution in [1.29, 1.82) is 0 Å². The molecule has 0 saturated carbocycles. The van der Waals surface area contributed by atoms with Gasteiger partial charge in [-0.25, -0.2) is 9.98 Å². The van der Waals surface area contributed by atoms with Gasteiger partial charge in [0.1, 0.15) is 6.04 Å². The third-order valence-electron chi connectivity index (χ3n) is 2.09. The summed E-state index contributed by atoms with van der Waals surface area (Å²) in [7, 11) is 3.12. The topological polar surface area (TPSA) is 69.2 Å². The number of hydrogen-bond acceptors (Lipinski definition) is 5. The van der Waals surface area contributed by atoms with Crippen molar-refractivity contribution in [3.8, 4) is 0 Å². The highest BCUT2D eigenvalue weighted by molar-refractivity contribution is 5.93. The summed E-state index contributed by atoms with van der Waals surface area (Å²) in [6.07, 6.45) is -0.537. The van der Waals surface area contributed by atoms with E-state index in [4.69, 9.17) is 15.2 Å². The average Bonchev–Trinajstić information content (AvgIpc) is 2.16. The Morgan fingerprint density at radius 2 is 1.71 bits per heavy atom. The second-order valence-corrected chi connectivity index (χ2v) is 3.48. The molecule has 0 aromatic heterocycles. The summed E-state index contributed by atoms with van der Waals surface area (Å²) < 4.78 is 10.2. The molecule has 0 fully saturated rings. The zero-order chi connectivity index (χ0) is 10.7. The number of hydrogen-bond donors (Lipinski definition) is 1. The van der Waals surface area contributed by atoms with Crippen LogP contribution in [0.5, 0.6) is 0 Å². The van der Waals surface area contributed by atoms with Crippen LogP contribution in [0.25, 0.3) is 0 Å². The van der Waals surface area contributed by atoms with Crippen molar-refractivity contribution in [2.24, 2.45) is 21.6 Å². The number of aliphatic imine (C=N–C) groups is 2. The van der Waals surface area contributed by atoms with Crippen LogP contribution in [0.1, 0.15) is 13.8 Å². The lowest BCUT2D eigenvalue weighted by atomic mass is 10.0. The van der Waals surface area contributed by atoms with Crippen molar-refractivity contribution in [2.75, 3.05) is 14.2 Å². The molecule has 1 aliphatic rings. The number of rotatable bonds is 1. The van der Waals surface area contributed by atoms with Gasteiger partial charge in [-0.3, -0.25) is 0 Å². The van der Waals surface area contributed by atoms with E-state index in [1.165, 1.54) is 0 Å². The van der Waals surface area contributed by atoms with Crippen molar-refractivity contribution < 1.29 is 9.47 Å². The van der Waals surface area contributed by atoms with Crippen LogP contribution >= 0.6 is 0 Å². The average molecular weight is 199 g/mol. The molecule has 0 spiro atoms. The molecule has 0 aromatic carbocycles. The predicted molar refractivity (Wildman–Crippen MR) is 55.5 cm³/mol. The summed E-state index contributed by atoms with van der Waals surface area (Å²) in [5, 5.41) is 0. The fourth-order valence-corrected chi connectivity index (χ4v) is 1.32. The van der Waals surface area contributed by atoms with Gasteiger partial charge in [0.2, 0.25) is 11.8 Å². The minimum Gasteiger partial charge on any atom is -0.483 e. The maximum atomic E-state index is 5.69. The van der Waals surface area contributed by atoms with Crippen LogP contribution in [0.2, 0.25) is 0 Å². The van der Waals surface area contributed by atoms with Crippen LogP contribution < -0.4 is 5.73 Å². The van der Waals surface area contributed by atoms with Crippen LogP contribution in [-0.2, 0) is 9.47 Å². The van der Waals surface area contributed by atoms with Gasteiger partial charge in [-0.15, -0.1) is 0 Å². The molecule has 5 nitrogen and oxygen atoms in total. The molecule has 1 aliphatic heterocycles. The van der Waals surface area contributed by atoms with Crippen LogP contribution in [-0.4, -0.2) is 38.2 Å². The second kappa shape index (κ2) is 4.41. The third-order valence-corrected chi connectivity index (χ3v) is 2.09. The van der Waals surface area contributed by atoms with E-state index in [1.54, 1.807) is 14.2 Å². The minimum atomic E-state index is -0.537. The molecule has 5 heteroatoms. The van der Waals surface area contributed by atoms with Crippen molar-refractivity contribution in [3.05, 3.63) is 0 Å². The van der Waals surface area contributed by atoms with Crippen LogP contribution in [0.4, 0.5) is 0 Å². The molecule has 0 bridgehead atoms. The summed E-state index contributed by atoms with van der Waals surface area (Å²) in [6.45, 7) is 4.10. The molecule has 0 aliphatic carbocycles. The normalized spacial score (nSPS) is 27.0. The largest absolute Gasteiger partial charge is 0.483 e. The lowest BCUT2D eigenvalue weighted by Crippen LogP contribution is -2.41. The van der Waals surface area contributed by atoms with Gasteiger partial charge in [-0.1, -0.05) is 13.8 Å². The first-order valence-corrected chi connectivity index (χ1v) is 4.59. The Kier molecular flexibility index (Phi) is 3.46. The number of methoxy groups -OCH3 is 2. The summed E-state index contributed by atoms with van der Waals surface area (Å²) >= 11 is 0. The highest BCUT2D eigenvalue weighted by atomic mass is 16.5. The lowest BCUT2D eigenvalue weighted by molar-refractivity contribution is 0.334. The maximum absolute atomic E-state index is 5.69. The molecule has 0 saturated heterocycles. The highest BCUT2D eigenvalue weighted by Gasteiger charge is 2.28. The van der Waals surface area contributed by atoms with Crippen LogP contribution in [0.15, 0.2) is 9.98 Å². The van der Waals surface area contributed by atoms with Crippen LogP contribution in [0, 0.1) is 5.92 Å². The summed E-state index contributed by atoms with van der Waals surface area (Å²) in [5.41, 5.74) is 5.69. The van der Waals surface area contributed by atoms with Gasteiger partial charge in [0, 0.05) is 0 Å². The molecule has 0 amide bonds. The first-order valence-electron chi connectivity index (χ1n) is 4.59. The third kappa shape index (κ3) is 2.04. The fourth-order valence-electron chi connectivity index (χ4n) is 1.32. The molecule has 0 radical (unpaired) electrons. The van der Waals surface area contributed by atoms with Gasteiger partial charge in [0.05, 0.1) is 14.2 Å². The predicted octanol–water partition coefficient (Wildman–Crippen LogP) is 0.399. The minimum absolute atomic E-state index is 0.0882. The van der Waals surface area contributed by atoms with Gasteiger partial charge in [-0.2, -0.15) is 0 Å². The maximum Gasteiger partial charge on any atom is 0.224 e. The Balaban J connectivity index is 2.91. The summed E-state index contributed by atoms with van der Waals surface area (Å²) in [4.78, 5) is 8.52. The highest BCUT2D eigenvalue weighted by Crippen LogP contribution is 2.15. The SMILES string of the molecule is COC1=N[C@H](C(C)C)C(OC)=NC1N. The molecule has 2 atom stereocenters. The second-order valence-electron chi connectivity index (χ2n) is 3.48. The zero-order valence-corrected chi connectivity index (χ0v) is 9.02. The van der Waals surface area contributed by atoms with E-state index in [9.17, 15) is 0 Å². The molecule has 80 valence electrons. The molecule has 1 rings (SSSR count). The van der Waals surface area contributed by atoms with Crippen molar-refractivity contribution in [1.82, 2.24) is 0 Å². The van der Waals surface area contributed by atoms with Gasteiger partial charge < -0.3 is 15.2 Å². The standard InChI is InChI=1S/C9H17N3O2/c1-5(2)6-8(13-3)12-7(10)9(11-6)14-4/h5-7H,10H2,1-4H3/t6-,7?/m1/s1. The summed E-state index contributed by atoms with van der Waals surface area (Å²) in [6, 6.07) is -0.0882. The molecule has 14 heavy (non-hydrogen) atoms. The van der Waals surface area contributed by atoms with E-state index in [0.717, 1.165) is 0 Å². The van der Waals surface area contributed by atoms with E-state index >= 15 is 0 Å². The van der Waals surface area contributed by atoms with E-state index in [-0.39, 0.29) is 6.04 Å². The Morgan fingerprint density at radius 1 is 1.14 bits per heavy atom. The van der Waals surface area contributed by atoms with Gasteiger partial charge in [0.25, 0.3) is 0 Å². The molecular weight excluding hydrogens is 182 g/mol. The molecule has 1 heterocycles. The first-order chi connectivity index (χ1) is 6.60. The Hall–Kier alpha value is -1.10. The quantitative estimate of drug-likeness (QED) is 0.664. The fraction of sp³-hybridized carbons (Fsp3) is 0.778. The van der Waals surface area contributed by atoms with Gasteiger partial charge >= 0.3 is 0 Å². The van der Waals surface area contributed by atoms with Gasteiger partial charge in [0.15, 0.2) is 6.17 Å². The van der Waals surface area contributed by atoms with E-state index < -0.39 is 6.17 Å². The van der Waals surface area contributed by atoms with E-state index in [2.05, 4.69) is 9.98 Å². The monoisotopic (exact) mass is 199 g/mol. The Labute approximate surface area is 84.0 Å². The Morgan fingerprint density at radius 3 is 2.14 bits per heavy atom. The summed E-state index contributed by atoms with van der Waals surface area (Å²) in [5.74, 6) is 1.35. The van der Waals surface area contributed by atoms with E-state index in [1.807, 2.05) is 13.8 Å². The van der Waals surface area contributed by atoms with Gasteiger partial charge in [-0.05, 0) is 5.92 Å².